The lowest BCUT2D eigenvalue weighted by molar-refractivity contribution is 0.460. The smallest absolute Gasteiger partial charge is 0.00136 e. The standard InChI is InChI=1S/C15H24N2/c1-12(16)5-6-13-3-2-4-15(11-13)14-7-9-17-10-8-14/h2-4,11-12,14,17H,5-10,16H2,1H3. The Morgan fingerprint density at radius 3 is 2.82 bits per heavy atom. The van der Waals surface area contributed by atoms with E-state index in [4.69, 9.17) is 5.73 Å². The number of aryl methyl sites for hydroxylation is 1. The van der Waals surface area contributed by atoms with E-state index >= 15 is 0 Å². The summed E-state index contributed by atoms with van der Waals surface area (Å²) in [5, 5.41) is 3.42. The van der Waals surface area contributed by atoms with Crippen LogP contribution >= 0.6 is 0 Å². The third kappa shape index (κ3) is 3.83. The van der Waals surface area contributed by atoms with Gasteiger partial charge in [-0.2, -0.15) is 0 Å². The Hall–Kier alpha value is -0.860. The molecular formula is C15H24N2. The van der Waals surface area contributed by atoms with Crippen molar-refractivity contribution >= 4 is 0 Å². The van der Waals surface area contributed by atoms with Gasteiger partial charge in [0.2, 0.25) is 0 Å². The van der Waals surface area contributed by atoms with Crippen molar-refractivity contribution in [2.45, 2.75) is 44.6 Å². The van der Waals surface area contributed by atoms with Crippen LogP contribution in [0.3, 0.4) is 0 Å². The number of hydrogen-bond acceptors (Lipinski definition) is 2. The van der Waals surface area contributed by atoms with Gasteiger partial charge in [-0.05, 0) is 62.7 Å². The lowest BCUT2D eigenvalue weighted by Gasteiger charge is -2.23. The molecule has 2 rings (SSSR count). The predicted octanol–water partition coefficient (Wildman–Crippen LogP) is 2.43. The maximum Gasteiger partial charge on any atom is 0.00136 e. The molecule has 1 aliphatic rings. The summed E-state index contributed by atoms with van der Waals surface area (Å²) in [6, 6.07) is 9.41. The van der Waals surface area contributed by atoms with Crippen LogP contribution in [0.25, 0.3) is 0 Å². The monoisotopic (exact) mass is 232 g/mol. The normalized spacial score (nSPS) is 19.2. The Balaban J connectivity index is 2.00. The fraction of sp³-hybridized carbons (Fsp3) is 0.600. The summed E-state index contributed by atoms with van der Waals surface area (Å²) in [6.07, 6.45) is 4.74. The molecule has 2 heteroatoms. The minimum absolute atomic E-state index is 0.303. The van der Waals surface area contributed by atoms with E-state index in [1.165, 1.54) is 24.0 Å². The average Bonchev–Trinajstić information content (AvgIpc) is 2.38. The Morgan fingerprint density at radius 1 is 1.35 bits per heavy atom. The first-order chi connectivity index (χ1) is 8.25. The highest BCUT2D eigenvalue weighted by atomic mass is 14.9. The van der Waals surface area contributed by atoms with Crippen molar-refractivity contribution in [3.8, 4) is 0 Å². The molecule has 1 aliphatic heterocycles. The lowest BCUT2D eigenvalue weighted by Crippen LogP contribution is -2.26. The van der Waals surface area contributed by atoms with Crippen LogP contribution in [-0.4, -0.2) is 19.1 Å². The van der Waals surface area contributed by atoms with Gasteiger partial charge in [0, 0.05) is 6.04 Å². The van der Waals surface area contributed by atoms with Crippen LogP contribution < -0.4 is 11.1 Å². The highest BCUT2D eigenvalue weighted by Gasteiger charge is 2.15. The van der Waals surface area contributed by atoms with Crippen LogP contribution in [0.4, 0.5) is 0 Å². The molecule has 1 fully saturated rings. The van der Waals surface area contributed by atoms with E-state index in [1.807, 2.05) is 0 Å². The fourth-order valence-electron chi connectivity index (χ4n) is 2.55. The quantitative estimate of drug-likeness (QED) is 0.836. The molecule has 0 amide bonds. The lowest BCUT2D eigenvalue weighted by atomic mass is 9.89. The zero-order valence-corrected chi connectivity index (χ0v) is 10.8. The second-order valence-corrected chi connectivity index (χ2v) is 5.29. The summed E-state index contributed by atoms with van der Waals surface area (Å²) in [5.74, 6) is 0.756. The van der Waals surface area contributed by atoms with E-state index in [1.54, 1.807) is 0 Å². The third-order valence-corrected chi connectivity index (χ3v) is 3.65. The Kier molecular flexibility index (Phi) is 4.57. The predicted molar refractivity (Wildman–Crippen MR) is 73.3 cm³/mol. The van der Waals surface area contributed by atoms with Crippen molar-refractivity contribution in [1.29, 1.82) is 0 Å². The molecule has 94 valence electrons. The zero-order chi connectivity index (χ0) is 12.1. The SMILES string of the molecule is CC(N)CCc1cccc(C2CCNCC2)c1. The number of nitrogens with two attached hydrogens (primary N) is 1. The second kappa shape index (κ2) is 6.18. The Morgan fingerprint density at radius 2 is 2.12 bits per heavy atom. The van der Waals surface area contributed by atoms with E-state index in [9.17, 15) is 0 Å². The van der Waals surface area contributed by atoms with Crippen LogP contribution in [0, 0.1) is 0 Å². The van der Waals surface area contributed by atoms with Gasteiger partial charge < -0.3 is 11.1 Å². The summed E-state index contributed by atoms with van der Waals surface area (Å²) >= 11 is 0. The second-order valence-electron chi connectivity index (χ2n) is 5.29. The molecule has 0 spiro atoms. The number of benzene rings is 1. The number of nitrogens with one attached hydrogen (secondary N) is 1. The Bertz CT molecular complexity index is 341. The molecule has 1 saturated heterocycles. The number of piperidine rings is 1. The van der Waals surface area contributed by atoms with Gasteiger partial charge in [0.1, 0.15) is 0 Å². The van der Waals surface area contributed by atoms with Gasteiger partial charge in [0.25, 0.3) is 0 Å². The van der Waals surface area contributed by atoms with Crippen molar-refractivity contribution < 1.29 is 0 Å². The maximum absolute atomic E-state index is 5.81. The number of rotatable bonds is 4. The first-order valence-corrected chi connectivity index (χ1v) is 6.81. The fourth-order valence-corrected chi connectivity index (χ4v) is 2.55. The van der Waals surface area contributed by atoms with Crippen molar-refractivity contribution in [3.05, 3.63) is 35.4 Å². The average molecular weight is 232 g/mol. The summed E-state index contributed by atoms with van der Waals surface area (Å²) in [7, 11) is 0. The molecule has 3 N–H and O–H groups in total. The van der Waals surface area contributed by atoms with Crippen LogP contribution in [0.1, 0.15) is 43.2 Å². The Labute approximate surface area is 105 Å². The van der Waals surface area contributed by atoms with Gasteiger partial charge in [-0.1, -0.05) is 24.3 Å². The molecule has 17 heavy (non-hydrogen) atoms. The molecule has 0 aromatic heterocycles. The molecule has 2 nitrogen and oxygen atoms in total. The zero-order valence-electron chi connectivity index (χ0n) is 10.8. The first kappa shape index (κ1) is 12.6. The van der Waals surface area contributed by atoms with E-state index in [-0.39, 0.29) is 0 Å². The van der Waals surface area contributed by atoms with Gasteiger partial charge in [-0.15, -0.1) is 0 Å². The molecular weight excluding hydrogens is 208 g/mol. The summed E-state index contributed by atoms with van der Waals surface area (Å²) in [4.78, 5) is 0. The van der Waals surface area contributed by atoms with Crippen molar-refractivity contribution in [2.24, 2.45) is 5.73 Å². The maximum atomic E-state index is 5.81. The molecule has 1 heterocycles. The highest BCUT2D eigenvalue weighted by molar-refractivity contribution is 5.27. The largest absolute Gasteiger partial charge is 0.328 e. The third-order valence-electron chi connectivity index (χ3n) is 3.65. The molecule has 1 atom stereocenters. The van der Waals surface area contributed by atoms with Crippen LogP contribution in [0.5, 0.6) is 0 Å². The number of hydrogen-bond donors (Lipinski definition) is 2. The van der Waals surface area contributed by atoms with Crippen LogP contribution in [0.15, 0.2) is 24.3 Å². The first-order valence-electron chi connectivity index (χ1n) is 6.81. The topological polar surface area (TPSA) is 38.0 Å². The molecule has 1 aromatic rings. The molecule has 0 aliphatic carbocycles. The summed E-state index contributed by atoms with van der Waals surface area (Å²) in [5.41, 5.74) is 8.78. The highest BCUT2D eigenvalue weighted by Crippen LogP contribution is 2.25. The molecule has 1 aromatic carbocycles. The van der Waals surface area contributed by atoms with Crippen molar-refractivity contribution in [2.75, 3.05) is 13.1 Å². The van der Waals surface area contributed by atoms with Gasteiger partial charge in [0.15, 0.2) is 0 Å². The minimum Gasteiger partial charge on any atom is -0.328 e. The van der Waals surface area contributed by atoms with Crippen molar-refractivity contribution in [3.63, 3.8) is 0 Å². The van der Waals surface area contributed by atoms with E-state index < -0.39 is 0 Å². The van der Waals surface area contributed by atoms with Gasteiger partial charge in [-0.3, -0.25) is 0 Å². The molecule has 0 radical (unpaired) electrons. The van der Waals surface area contributed by atoms with Gasteiger partial charge in [0.05, 0.1) is 0 Å². The van der Waals surface area contributed by atoms with Crippen molar-refractivity contribution in [1.82, 2.24) is 5.32 Å². The van der Waals surface area contributed by atoms with E-state index in [2.05, 4.69) is 36.5 Å². The summed E-state index contributed by atoms with van der Waals surface area (Å²) in [6.45, 7) is 4.40. The molecule has 0 saturated carbocycles. The summed E-state index contributed by atoms with van der Waals surface area (Å²) < 4.78 is 0. The minimum atomic E-state index is 0.303. The van der Waals surface area contributed by atoms with Crippen LogP contribution in [0.2, 0.25) is 0 Å². The molecule has 0 bridgehead atoms. The van der Waals surface area contributed by atoms with Gasteiger partial charge in [-0.25, -0.2) is 0 Å². The van der Waals surface area contributed by atoms with Gasteiger partial charge >= 0.3 is 0 Å². The molecule has 1 unspecified atom stereocenters. The van der Waals surface area contributed by atoms with E-state index in [0.717, 1.165) is 31.8 Å². The van der Waals surface area contributed by atoms with Crippen LogP contribution in [-0.2, 0) is 6.42 Å². The van der Waals surface area contributed by atoms with E-state index in [0.29, 0.717) is 6.04 Å².